The fourth-order valence-corrected chi connectivity index (χ4v) is 3.00. The Morgan fingerprint density at radius 1 is 0.852 bits per heavy atom. The lowest BCUT2D eigenvalue weighted by Gasteiger charge is -2.11. The van der Waals surface area contributed by atoms with E-state index in [1.54, 1.807) is 0 Å². The maximum absolute atomic E-state index is 12.1. The van der Waals surface area contributed by atoms with E-state index in [0.717, 1.165) is 29.9 Å². The summed E-state index contributed by atoms with van der Waals surface area (Å²) in [7, 11) is 0. The van der Waals surface area contributed by atoms with Crippen molar-refractivity contribution in [3.63, 3.8) is 0 Å². The predicted octanol–water partition coefficient (Wildman–Crippen LogP) is 5.87. The number of amides is 1. The molecule has 0 fully saturated rings. The second kappa shape index (κ2) is 12.1. The Labute approximate surface area is 163 Å². The lowest BCUT2D eigenvalue weighted by Crippen LogP contribution is -2.13. The van der Waals surface area contributed by atoms with Gasteiger partial charge in [-0.05, 0) is 55.7 Å². The third-order valence-electron chi connectivity index (χ3n) is 4.56. The van der Waals surface area contributed by atoms with Gasteiger partial charge in [0.05, 0.1) is 6.10 Å². The summed E-state index contributed by atoms with van der Waals surface area (Å²) < 4.78 is 0. The highest BCUT2D eigenvalue weighted by Gasteiger charge is 2.07. The minimum absolute atomic E-state index is 0.00282. The number of para-hydroxylation sites is 1. The number of nitrogens with one attached hydrogen (secondary N) is 2. The molecule has 0 saturated heterocycles. The number of carbonyl (C=O) groups is 1. The lowest BCUT2D eigenvalue weighted by molar-refractivity contribution is -0.116. The summed E-state index contributed by atoms with van der Waals surface area (Å²) in [6.45, 7) is 2.18. The molecule has 0 aliphatic rings. The van der Waals surface area contributed by atoms with Gasteiger partial charge in [-0.3, -0.25) is 4.79 Å². The molecule has 2 rings (SSSR count). The Bertz CT molecular complexity index is 656. The highest BCUT2D eigenvalue weighted by molar-refractivity contribution is 5.90. The highest BCUT2D eigenvalue weighted by Crippen LogP contribution is 2.19. The van der Waals surface area contributed by atoms with E-state index in [9.17, 15) is 9.90 Å². The van der Waals surface area contributed by atoms with E-state index < -0.39 is 0 Å². The average molecular weight is 369 g/mol. The third-order valence-corrected chi connectivity index (χ3v) is 4.56. The molecule has 0 bridgehead atoms. The molecular weight excluding hydrogens is 336 g/mol. The zero-order chi connectivity index (χ0) is 19.3. The molecule has 0 aliphatic carbocycles. The number of aliphatic hydroxyl groups is 1. The van der Waals surface area contributed by atoms with Crippen LogP contribution in [0.25, 0.3) is 0 Å². The van der Waals surface area contributed by atoms with Crippen LogP contribution in [0.3, 0.4) is 0 Å². The van der Waals surface area contributed by atoms with Gasteiger partial charge in [-0.1, -0.05) is 50.8 Å². The molecule has 4 heteroatoms. The van der Waals surface area contributed by atoms with E-state index in [2.05, 4.69) is 17.6 Å². The van der Waals surface area contributed by atoms with Gasteiger partial charge in [0.2, 0.25) is 5.91 Å². The minimum atomic E-state index is -0.280. The van der Waals surface area contributed by atoms with Crippen LogP contribution < -0.4 is 10.6 Å². The van der Waals surface area contributed by atoms with Crippen LogP contribution in [0.15, 0.2) is 54.6 Å². The summed E-state index contributed by atoms with van der Waals surface area (Å²) in [6.07, 6.45) is 7.11. The molecule has 0 heterocycles. The number of hydrogen-bond donors (Lipinski definition) is 3. The zero-order valence-corrected chi connectivity index (χ0v) is 16.3. The molecule has 0 aliphatic heterocycles. The minimum Gasteiger partial charge on any atom is -0.393 e. The number of benzene rings is 2. The SMILES string of the molecule is CCCCCCC(O)CCCC(=O)Nc1ccc(Nc2ccccc2)cc1. The first kappa shape index (κ1) is 21.0. The molecule has 0 saturated carbocycles. The van der Waals surface area contributed by atoms with Crippen molar-refractivity contribution >= 4 is 23.0 Å². The van der Waals surface area contributed by atoms with Crippen molar-refractivity contribution in [1.82, 2.24) is 0 Å². The van der Waals surface area contributed by atoms with Gasteiger partial charge < -0.3 is 15.7 Å². The number of rotatable bonds is 12. The molecule has 0 spiro atoms. The summed E-state index contributed by atoms with van der Waals surface area (Å²) >= 11 is 0. The predicted molar refractivity (Wildman–Crippen MR) is 113 cm³/mol. The molecule has 4 nitrogen and oxygen atoms in total. The van der Waals surface area contributed by atoms with Crippen molar-refractivity contribution < 1.29 is 9.90 Å². The normalized spacial score (nSPS) is 11.8. The van der Waals surface area contributed by atoms with E-state index in [1.807, 2.05) is 54.6 Å². The number of unbranched alkanes of at least 4 members (excludes halogenated alkanes) is 3. The van der Waals surface area contributed by atoms with E-state index >= 15 is 0 Å². The molecule has 0 radical (unpaired) electrons. The molecule has 146 valence electrons. The van der Waals surface area contributed by atoms with E-state index in [-0.39, 0.29) is 12.0 Å². The van der Waals surface area contributed by atoms with Crippen LogP contribution in [0.5, 0.6) is 0 Å². The molecule has 1 unspecified atom stereocenters. The molecule has 2 aromatic rings. The van der Waals surface area contributed by atoms with Gasteiger partial charge in [0, 0.05) is 23.5 Å². The van der Waals surface area contributed by atoms with Crippen molar-refractivity contribution in [2.75, 3.05) is 10.6 Å². The Hall–Kier alpha value is -2.33. The monoisotopic (exact) mass is 368 g/mol. The fraction of sp³-hybridized carbons (Fsp3) is 0.435. The average Bonchev–Trinajstić information content (AvgIpc) is 2.68. The van der Waals surface area contributed by atoms with E-state index in [1.165, 1.54) is 19.3 Å². The fourth-order valence-electron chi connectivity index (χ4n) is 3.00. The van der Waals surface area contributed by atoms with Crippen LogP contribution in [0.1, 0.15) is 58.3 Å². The van der Waals surface area contributed by atoms with Gasteiger partial charge in [-0.15, -0.1) is 0 Å². The summed E-state index contributed by atoms with van der Waals surface area (Å²) in [5, 5.41) is 16.2. The van der Waals surface area contributed by atoms with Crippen LogP contribution in [0.2, 0.25) is 0 Å². The third kappa shape index (κ3) is 8.74. The first-order valence-electron chi connectivity index (χ1n) is 10.1. The van der Waals surface area contributed by atoms with E-state index in [0.29, 0.717) is 19.3 Å². The van der Waals surface area contributed by atoms with Crippen LogP contribution in [0, 0.1) is 0 Å². The van der Waals surface area contributed by atoms with Gasteiger partial charge >= 0.3 is 0 Å². The summed E-state index contributed by atoms with van der Waals surface area (Å²) in [6, 6.07) is 17.7. The maximum atomic E-state index is 12.1. The van der Waals surface area contributed by atoms with Crippen LogP contribution in [-0.4, -0.2) is 17.1 Å². The second-order valence-corrected chi connectivity index (χ2v) is 7.01. The number of carbonyl (C=O) groups excluding carboxylic acids is 1. The van der Waals surface area contributed by atoms with Gasteiger partial charge in [0.1, 0.15) is 0 Å². The zero-order valence-electron chi connectivity index (χ0n) is 16.3. The van der Waals surface area contributed by atoms with Crippen molar-refractivity contribution in [2.45, 2.75) is 64.4 Å². The van der Waals surface area contributed by atoms with Crippen molar-refractivity contribution in [2.24, 2.45) is 0 Å². The first-order chi connectivity index (χ1) is 13.2. The van der Waals surface area contributed by atoms with Crippen LogP contribution in [0.4, 0.5) is 17.1 Å². The summed E-state index contributed by atoms with van der Waals surface area (Å²) in [5.41, 5.74) is 2.80. The summed E-state index contributed by atoms with van der Waals surface area (Å²) in [5.74, 6) is -0.00282. The molecule has 1 amide bonds. The number of anilines is 3. The second-order valence-electron chi connectivity index (χ2n) is 7.01. The highest BCUT2D eigenvalue weighted by atomic mass is 16.3. The Kier molecular flexibility index (Phi) is 9.42. The van der Waals surface area contributed by atoms with Crippen LogP contribution >= 0.6 is 0 Å². The van der Waals surface area contributed by atoms with Gasteiger partial charge in [-0.25, -0.2) is 0 Å². The Morgan fingerprint density at radius 3 is 2.19 bits per heavy atom. The smallest absolute Gasteiger partial charge is 0.224 e. The topological polar surface area (TPSA) is 61.4 Å². The largest absolute Gasteiger partial charge is 0.393 e. The molecule has 1 atom stereocenters. The van der Waals surface area contributed by atoms with Crippen molar-refractivity contribution in [3.8, 4) is 0 Å². The van der Waals surface area contributed by atoms with Crippen molar-refractivity contribution in [1.29, 1.82) is 0 Å². The summed E-state index contributed by atoms with van der Waals surface area (Å²) in [4.78, 5) is 12.1. The molecule has 3 N–H and O–H groups in total. The molecular formula is C23H32N2O2. The molecule has 0 aromatic heterocycles. The first-order valence-corrected chi connectivity index (χ1v) is 10.1. The van der Waals surface area contributed by atoms with Gasteiger partial charge in [0.25, 0.3) is 0 Å². The Balaban J connectivity index is 1.65. The molecule has 27 heavy (non-hydrogen) atoms. The maximum Gasteiger partial charge on any atom is 0.224 e. The standard InChI is InChI=1S/C23H32N2O2/c1-2-3-4-8-12-22(26)13-9-14-23(27)25-21-17-15-20(16-18-21)24-19-10-6-5-7-11-19/h5-7,10-11,15-18,22,24,26H,2-4,8-9,12-14H2,1H3,(H,25,27). The Morgan fingerprint density at radius 2 is 1.48 bits per heavy atom. The molecule has 2 aromatic carbocycles. The number of aliphatic hydroxyl groups excluding tert-OH is 1. The van der Waals surface area contributed by atoms with E-state index in [4.69, 9.17) is 0 Å². The van der Waals surface area contributed by atoms with Crippen LogP contribution in [-0.2, 0) is 4.79 Å². The van der Waals surface area contributed by atoms with Gasteiger partial charge in [0.15, 0.2) is 0 Å². The lowest BCUT2D eigenvalue weighted by atomic mass is 10.0. The van der Waals surface area contributed by atoms with Gasteiger partial charge in [-0.2, -0.15) is 0 Å². The van der Waals surface area contributed by atoms with Crippen molar-refractivity contribution in [3.05, 3.63) is 54.6 Å². The number of hydrogen-bond acceptors (Lipinski definition) is 3. The quantitative estimate of drug-likeness (QED) is 0.411.